The zero-order valence-corrected chi connectivity index (χ0v) is 14.4. The minimum atomic E-state index is -0.0908. The van der Waals surface area contributed by atoms with Gasteiger partial charge >= 0.3 is 0 Å². The molecule has 5 heteroatoms. The molecule has 26 heavy (non-hydrogen) atoms. The van der Waals surface area contributed by atoms with E-state index in [2.05, 4.69) is 11.1 Å². The van der Waals surface area contributed by atoms with E-state index in [1.807, 2.05) is 55.5 Å². The van der Waals surface area contributed by atoms with Crippen molar-refractivity contribution in [2.45, 2.75) is 6.92 Å². The van der Waals surface area contributed by atoms with Crippen molar-refractivity contribution in [2.75, 3.05) is 18.9 Å². The van der Waals surface area contributed by atoms with E-state index in [0.717, 1.165) is 16.7 Å². The van der Waals surface area contributed by atoms with Gasteiger partial charge in [-0.1, -0.05) is 42.0 Å². The van der Waals surface area contributed by atoms with Gasteiger partial charge in [0.05, 0.1) is 12.3 Å². The lowest BCUT2D eigenvalue weighted by molar-refractivity contribution is 0.202. The Morgan fingerprint density at radius 2 is 1.92 bits per heavy atom. The molecule has 1 heterocycles. The quantitative estimate of drug-likeness (QED) is 0.738. The molecule has 3 rings (SSSR count). The maximum Gasteiger partial charge on any atom is 0.142 e. The molecule has 0 amide bonds. The average Bonchev–Trinajstić information content (AvgIpc) is 2.66. The number of benzene rings is 2. The molecule has 0 aliphatic rings. The molecule has 0 radical (unpaired) electrons. The first kappa shape index (κ1) is 17.5. The maximum absolute atomic E-state index is 9.58. The van der Waals surface area contributed by atoms with Crippen LogP contribution in [-0.2, 0) is 0 Å². The van der Waals surface area contributed by atoms with Crippen LogP contribution in [-0.4, -0.2) is 23.3 Å². The van der Waals surface area contributed by atoms with Crippen LogP contribution in [0.1, 0.15) is 11.1 Å². The second-order valence-corrected chi connectivity index (χ2v) is 5.86. The number of para-hydroxylation sites is 1. The highest BCUT2D eigenvalue weighted by atomic mass is 16.5. The van der Waals surface area contributed by atoms with Crippen LogP contribution in [0.2, 0.25) is 0 Å². The lowest BCUT2D eigenvalue weighted by Crippen LogP contribution is -2.04. The Hall–Kier alpha value is -3.36. The summed E-state index contributed by atoms with van der Waals surface area (Å²) >= 11 is 0. The fraction of sp³-hybridized carbons (Fsp3) is 0.143. The molecule has 0 saturated heterocycles. The van der Waals surface area contributed by atoms with Crippen molar-refractivity contribution in [2.24, 2.45) is 0 Å². The molecular weight excluding hydrogens is 326 g/mol. The molecule has 0 aliphatic heterocycles. The molecule has 0 saturated carbocycles. The van der Waals surface area contributed by atoms with Gasteiger partial charge in [0.15, 0.2) is 0 Å². The molecule has 0 spiro atoms. The average molecular weight is 345 g/mol. The third-order valence-electron chi connectivity index (χ3n) is 4.00. The van der Waals surface area contributed by atoms with E-state index in [4.69, 9.17) is 15.6 Å². The summed E-state index contributed by atoms with van der Waals surface area (Å²) < 4.78 is 5.62. The number of nitrogens with two attached hydrogens (primary N) is 1. The number of aromatic nitrogens is 1. The molecule has 0 atom stereocenters. The van der Waals surface area contributed by atoms with Crippen molar-refractivity contribution in [3.63, 3.8) is 0 Å². The number of pyridine rings is 1. The molecule has 3 aromatic rings. The van der Waals surface area contributed by atoms with Crippen LogP contribution < -0.4 is 10.5 Å². The van der Waals surface area contributed by atoms with Gasteiger partial charge in [-0.05, 0) is 25.1 Å². The Morgan fingerprint density at radius 3 is 2.65 bits per heavy atom. The minimum Gasteiger partial charge on any atom is -0.491 e. The second-order valence-electron chi connectivity index (χ2n) is 5.86. The largest absolute Gasteiger partial charge is 0.491 e. The summed E-state index contributed by atoms with van der Waals surface area (Å²) in [4.78, 5) is 4.41. The molecule has 2 aromatic carbocycles. The van der Waals surface area contributed by atoms with Gasteiger partial charge in [0, 0.05) is 16.7 Å². The number of aryl methyl sites for hydroxylation is 1. The molecule has 0 aliphatic carbocycles. The summed E-state index contributed by atoms with van der Waals surface area (Å²) in [5.41, 5.74) is 10.5. The molecule has 1 aromatic heterocycles. The van der Waals surface area contributed by atoms with Crippen LogP contribution in [0.15, 0.2) is 54.6 Å². The SMILES string of the molecule is Cc1cccc(-c2cc(-c3ccccc3OCCO)c(C#N)c(N)n2)c1. The third kappa shape index (κ3) is 3.51. The standard InChI is InChI=1S/C21H19N3O2/c1-14-5-4-6-15(11-14)19-12-17(18(13-22)21(23)24-19)16-7-2-3-8-20(16)26-10-9-25/h2-8,11-12,25H,9-10H2,1H3,(H2,23,24). The van der Waals surface area contributed by atoms with Gasteiger partial charge in [-0.2, -0.15) is 5.26 Å². The first-order valence-corrected chi connectivity index (χ1v) is 8.24. The van der Waals surface area contributed by atoms with E-state index in [1.165, 1.54) is 0 Å². The predicted molar refractivity (Wildman–Crippen MR) is 102 cm³/mol. The Morgan fingerprint density at radius 1 is 1.12 bits per heavy atom. The van der Waals surface area contributed by atoms with Crippen LogP contribution in [0.25, 0.3) is 22.4 Å². The Labute approximate surface area is 152 Å². The number of rotatable bonds is 5. The zero-order valence-electron chi connectivity index (χ0n) is 14.4. The van der Waals surface area contributed by atoms with E-state index in [-0.39, 0.29) is 19.0 Å². The number of hydrogen-bond acceptors (Lipinski definition) is 5. The number of anilines is 1. The van der Waals surface area contributed by atoms with Crippen molar-refractivity contribution in [1.82, 2.24) is 4.98 Å². The summed E-state index contributed by atoms with van der Waals surface area (Å²) in [6, 6.07) is 19.3. The fourth-order valence-corrected chi connectivity index (χ4v) is 2.82. The van der Waals surface area contributed by atoms with Gasteiger partial charge in [0.1, 0.15) is 29.8 Å². The van der Waals surface area contributed by atoms with Crippen molar-refractivity contribution in [3.05, 3.63) is 65.7 Å². The molecule has 0 bridgehead atoms. The topological polar surface area (TPSA) is 92.2 Å². The van der Waals surface area contributed by atoms with Gasteiger partial charge in [-0.15, -0.1) is 0 Å². The van der Waals surface area contributed by atoms with Gasteiger partial charge < -0.3 is 15.6 Å². The number of aliphatic hydroxyl groups excluding tert-OH is 1. The van der Waals surface area contributed by atoms with Gasteiger partial charge in [-0.3, -0.25) is 0 Å². The highest BCUT2D eigenvalue weighted by molar-refractivity contribution is 5.83. The lowest BCUT2D eigenvalue weighted by Gasteiger charge is -2.14. The summed E-state index contributed by atoms with van der Waals surface area (Å²) in [6.45, 7) is 2.09. The summed E-state index contributed by atoms with van der Waals surface area (Å²) in [5, 5.41) is 18.6. The monoisotopic (exact) mass is 345 g/mol. The first-order chi connectivity index (χ1) is 12.6. The van der Waals surface area contributed by atoms with Crippen LogP contribution in [0.5, 0.6) is 5.75 Å². The Kier molecular flexibility index (Phi) is 5.16. The molecular formula is C21H19N3O2. The molecule has 130 valence electrons. The number of hydrogen-bond donors (Lipinski definition) is 2. The molecule has 0 unspecified atom stereocenters. The van der Waals surface area contributed by atoms with Crippen LogP contribution in [0, 0.1) is 18.3 Å². The van der Waals surface area contributed by atoms with Gasteiger partial charge in [0.2, 0.25) is 0 Å². The highest BCUT2D eigenvalue weighted by Gasteiger charge is 2.16. The molecule has 3 N–H and O–H groups in total. The predicted octanol–water partition coefficient (Wildman–Crippen LogP) is 3.55. The lowest BCUT2D eigenvalue weighted by atomic mass is 9.97. The maximum atomic E-state index is 9.58. The summed E-state index contributed by atoms with van der Waals surface area (Å²) in [6.07, 6.45) is 0. The number of nitriles is 1. The van der Waals surface area contributed by atoms with Crippen molar-refractivity contribution in [1.29, 1.82) is 5.26 Å². The van der Waals surface area contributed by atoms with Crippen LogP contribution >= 0.6 is 0 Å². The summed E-state index contributed by atoms with van der Waals surface area (Å²) in [7, 11) is 0. The van der Waals surface area contributed by atoms with Crippen molar-refractivity contribution >= 4 is 5.82 Å². The van der Waals surface area contributed by atoms with Gasteiger partial charge in [0.25, 0.3) is 0 Å². The van der Waals surface area contributed by atoms with Crippen molar-refractivity contribution < 1.29 is 9.84 Å². The van der Waals surface area contributed by atoms with Crippen LogP contribution in [0.4, 0.5) is 5.82 Å². The smallest absolute Gasteiger partial charge is 0.142 e. The Balaban J connectivity index is 2.20. The Bertz CT molecular complexity index is 977. The van der Waals surface area contributed by atoms with Crippen molar-refractivity contribution in [3.8, 4) is 34.2 Å². The van der Waals surface area contributed by atoms with E-state index < -0.39 is 0 Å². The number of ether oxygens (including phenoxy) is 1. The normalized spacial score (nSPS) is 10.3. The number of aliphatic hydroxyl groups is 1. The van der Waals surface area contributed by atoms with Crippen LogP contribution in [0.3, 0.4) is 0 Å². The summed E-state index contributed by atoms with van der Waals surface area (Å²) in [5.74, 6) is 0.761. The van der Waals surface area contributed by atoms with E-state index >= 15 is 0 Å². The van der Waals surface area contributed by atoms with E-state index in [1.54, 1.807) is 6.07 Å². The molecule has 0 fully saturated rings. The fourth-order valence-electron chi connectivity index (χ4n) is 2.82. The third-order valence-corrected chi connectivity index (χ3v) is 4.00. The second kappa shape index (κ2) is 7.68. The molecule has 5 nitrogen and oxygen atoms in total. The van der Waals surface area contributed by atoms with E-state index in [0.29, 0.717) is 22.6 Å². The minimum absolute atomic E-state index is 0.0908. The number of nitrogens with zero attached hydrogens (tertiary/aromatic N) is 2. The zero-order chi connectivity index (χ0) is 18.5. The number of nitrogen functional groups attached to an aromatic ring is 1. The highest BCUT2D eigenvalue weighted by Crippen LogP contribution is 2.36. The first-order valence-electron chi connectivity index (χ1n) is 8.24. The van der Waals surface area contributed by atoms with Gasteiger partial charge in [-0.25, -0.2) is 4.98 Å². The van der Waals surface area contributed by atoms with E-state index in [9.17, 15) is 5.26 Å².